The van der Waals surface area contributed by atoms with Crippen molar-refractivity contribution in [2.75, 3.05) is 17.2 Å². The summed E-state index contributed by atoms with van der Waals surface area (Å²) in [4.78, 5) is 12.3. The first kappa shape index (κ1) is 19.3. The third kappa shape index (κ3) is 4.11. The molecule has 1 aliphatic rings. The molecular formula is C17H27N5O3S. The average Bonchev–Trinajstić information content (AvgIpc) is 3.18. The lowest BCUT2D eigenvalue weighted by Crippen LogP contribution is -2.32. The fraction of sp³-hybridized carbons (Fsp3) is 0.706. The molecule has 9 heteroatoms. The van der Waals surface area contributed by atoms with Crippen LogP contribution in [-0.2, 0) is 4.74 Å². The molecule has 4 N–H and O–H groups in total. The third-order valence-electron chi connectivity index (χ3n) is 4.67. The molecule has 0 unspecified atom stereocenters. The number of nitrogens with two attached hydrogens (primary N) is 1. The highest BCUT2D eigenvalue weighted by atomic mass is 32.2. The Morgan fingerprint density at radius 3 is 2.77 bits per heavy atom. The average molecular weight is 382 g/mol. The smallest absolute Gasteiger partial charge is 0.167 e. The van der Waals surface area contributed by atoms with Crippen LogP contribution >= 0.6 is 11.8 Å². The summed E-state index contributed by atoms with van der Waals surface area (Å²) in [5, 5.41) is 20.8. The van der Waals surface area contributed by atoms with Crippen LogP contribution in [0.15, 0.2) is 12.7 Å². The Labute approximate surface area is 157 Å². The number of fused-ring (bicyclic) bond motifs is 1. The van der Waals surface area contributed by atoms with Gasteiger partial charge < -0.3 is 20.7 Å². The van der Waals surface area contributed by atoms with Crippen LogP contribution in [-0.4, -0.2) is 59.5 Å². The second-order valence-electron chi connectivity index (χ2n) is 6.62. The van der Waals surface area contributed by atoms with Crippen molar-refractivity contribution < 1.29 is 14.9 Å². The number of hydrogen-bond acceptors (Lipinski definition) is 8. The molecule has 0 radical (unpaired) electrons. The first-order valence-electron chi connectivity index (χ1n) is 9.15. The fourth-order valence-corrected chi connectivity index (χ4v) is 4.24. The van der Waals surface area contributed by atoms with Crippen LogP contribution in [0, 0.1) is 0 Å². The van der Waals surface area contributed by atoms with E-state index in [2.05, 4.69) is 21.9 Å². The Kier molecular flexibility index (Phi) is 6.68. The number of ether oxygens (including phenoxy) is 1. The van der Waals surface area contributed by atoms with E-state index in [1.54, 1.807) is 16.3 Å². The summed E-state index contributed by atoms with van der Waals surface area (Å²) in [6, 6.07) is 0. The first-order chi connectivity index (χ1) is 12.6. The lowest BCUT2D eigenvalue weighted by molar-refractivity contribution is -0.0289. The quantitative estimate of drug-likeness (QED) is 0.562. The van der Waals surface area contributed by atoms with Crippen molar-refractivity contribution in [1.29, 1.82) is 0 Å². The molecule has 1 saturated heterocycles. The molecule has 1 fully saturated rings. The summed E-state index contributed by atoms with van der Waals surface area (Å²) >= 11 is 1.75. The first-order valence-corrected chi connectivity index (χ1v) is 10.3. The molecule has 0 saturated carbocycles. The van der Waals surface area contributed by atoms with E-state index in [1.807, 2.05) is 0 Å². The number of aromatic nitrogens is 4. The predicted octanol–water partition coefficient (Wildman–Crippen LogP) is 1.73. The normalized spacial score (nSPS) is 26.0. The highest BCUT2D eigenvalue weighted by Crippen LogP contribution is 2.33. The zero-order valence-corrected chi connectivity index (χ0v) is 15.8. The van der Waals surface area contributed by atoms with E-state index in [0.717, 1.165) is 5.75 Å². The largest absolute Gasteiger partial charge is 0.387 e. The standard InChI is InChI=1S/C17H27N5O3S/c1-2-3-4-5-6-7-26-8-11-13(23)14(24)17(25-11)22-10-21-12-15(18)19-9-20-16(12)22/h9-11,13-14,17,23-24H,2-8H2,1H3,(H2,18,19,20)/t11-,13-,14-,17-/m1/s1. The highest BCUT2D eigenvalue weighted by molar-refractivity contribution is 7.99. The molecule has 0 aromatic carbocycles. The van der Waals surface area contributed by atoms with E-state index in [9.17, 15) is 10.2 Å². The molecule has 1 aliphatic heterocycles. The SMILES string of the molecule is CCCCCCCSC[C@H]1O[C@@H](n2cnc3c(N)ncnc32)[C@H](O)[C@@H]1O. The molecule has 144 valence electrons. The van der Waals surface area contributed by atoms with Crippen LogP contribution in [0.5, 0.6) is 0 Å². The van der Waals surface area contributed by atoms with Gasteiger partial charge in [-0.2, -0.15) is 11.8 Å². The van der Waals surface area contributed by atoms with E-state index in [-0.39, 0.29) is 5.82 Å². The number of anilines is 1. The van der Waals surface area contributed by atoms with Crippen LogP contribution < -0.4 is 5.73 Å². The zero-order valence-electron chi connectivity index (χ0n) is 15.0. The van der Waals surface area contributed by atoms with Gasteiger partial charge in [0.25, 0.3) is 0 Å². The van der Waals surface area contributed by atoms with E-state index >= 15 is 0 Å². The molecule has 3 rings (SSSR count). The molecule has 2 aromatic heterocycles. The maximum atomic E-state index is 10.4. The predicted molar refractivity (Wildman–Crippen MR) is 102 cm³/mol. The molecule has 8 nitrogen and oxygen atoms in total. The summed E-state index contributed by atoms with van der Waals surface area (Å²) in [5.41, 5.74) is 6.74. The lowest BCUT2D eigenvalue weighted by atomic mass is 10.1. The Balaban J connectivity index is 1.56. The number of aliphatic hydroxyl groups is 2. The van der Waals surface area contributed by atoms with Gasteiger partial charge in [0.1, 0.15) is 24.1 Å². The zero-order chi connectivity index (χ0) is 18.5. The number of aliphatic hydroxyl groups excluding tert-OH is 2. The topological polar surface area (TPSA) is 119 Å². The van der Waals surface area contributed by atoms with Crippen molar-refractivity contribution in [1.82, 2.24) is 19.5 Å². The number of rotatable bonds is 9. The van der Waals surface area contributed by atoms with Crippen molar-refractivity contribution >= 4 is 28.7 Å². The van der Waals surface area contributed by atoms with E-state index < -0.39 is 24.5 Å². The van der Waals surface area contributed by atoms with Crippen molar-refractivity contribution in [2.45, 2.75) is 63.6 Å². The van der Waals surface area contributed by atoms with Crippen molar-refractivity contribution in [3.8, 4) is 0 Å². The molecule has 4 atom stereocenters. The fourth-order valence-electron chi connectivity index (χ4n) is 3.16. The van der Waals surface area contributed by atoms with Crippen molar-refractivity contribution in [3.05, 3.63) is 12.7 Å². The Hall–Kier alpha value is -1.42. The summed E-state index contributed by atoms with van der Waals surface area (Å²) < 4.78 is 7.53. The van der Waals surface area contributed by atoms with Gasteiger partial charge in [-0.1, -0.05) is 32.6 Å². The Morgan fingerprint density at radius 1 is 1.15 bits per heavy atom. The number of thioether (sulfide) groups is 1. The Bertz CT molecular complexity index is 713. The maximum absolute atomic E-state index is 10.4. The van der Waals surface area contributed by atoms with E-state index in [0.29, 0.717) is 16.9 Å². The molecule has 26 heavy (non-hydrogen) atoms. The van der Waals surface area contributed by atoms with Gasteiger partial charge in [0.15, 0.2) is 17.7 Å². The summed E-state index contributed by atoms with van der Waals surface area (Å²) in [6.07, 6.45) is 5.93. The van der Waals surface area contributed by atoms with Gasteiger partial charge in [0.05, 0.1) is 12.4 Å². The van der Waals surface area contributed by atoms with E-state index in [1.165, 1.54) is 44.8 Å². The monoisotopic (exact) mass is 381 g/mol. The summed E-state index contributed by atoms with van der Waals surface area (Å²) in [5.74, 6) is 1.96. The van der Waals surface area contributed by atoms with Gasteiger partial charge in [0.2, 0.25) is 0 Å². The van der Waals surface area contributed by atoms with Gasteiger partial charge in [-0.25, -0.2) is 15.0 Å². The van der Waals surface area contributed by atoms with Crippen LogP contribution in [0.25, 0.3) is 11.2 Å². The minimum absolute atomic E-state index is 0.275. The maximum Gasteiger partial charge on any atom is 0.167 e. The summed E-state index contributed by atoms with van der Waals surface area (Å²) in [7, 11) is 0. The second kappa shape index (κ2) is 8.98. The van der Waals surface area contributed by atoms with Gasteiger partial charge in [-0.15, -0.1) is 0 Å². The molecule has 3 heterocycles. The minimum atomic E-state index is -1.04. The molecule has 0 spiro atoms. The van der Waals surface area contributed by atoms with Gasteiger partial charge in [-0.3, -0.25) is 4.57 Å². The molecule has 0 aliphatic carbocycles. The van der Waals surface area contributed by atoms with Crippen LogP contribution in [0.3, 0.4) is 0 Å². The number of imidazole rings is 1. The van der Waals surface area contributed by atoms with E-state index in [4.69, 9.17) is 10.5 Å². The van der Waals surface area contributed by atoms with Gasteiger partial charge >= 0.3 is 0 Å². The third-order valence-corrected chi connectivity index (χ3v) is 5.81. The lowest BCUT2D eigenvalue weighted by Gasteiger charge is -2.16. The van der Waals surface area contributed by atoms with Crippen molar-refractivity contribution in [2.24, 2.45) is 0 Å². The number of hydrogen-bond donors (Lipinski definition) is 3. The number of nitrogen functional groups attached to an aromatic ring is 1. The molecular weight excluding hydrogens is 354 g/mol. The van der Waals surface area contributed by atoms with Crippen molar-refractivity contribution in [3.63, 3.8) is 0 Å². The number of nitrogens with zero attached hydrogens (tertiary/aromatic N) is 4. The van der Waals surface area contributed by atoms with Gasteiger partial charge in [0, 0.05) is 5.75 Å². The minimum Gasteiger partial charge on any atom is -0.387 e. The molecule has 0 bridgehead atoms. The van der Waals surface area contributed by atoms with Gasteiger partial charge in [-0.05, 0) is 12.2 Å². The summed E-state index contributed by atoms with van der Waals surface area (Å²) in [6.45, 7) is 2.21. The van der Waals surface area contributed by atoms with Crippen LogP contribution in [0.1, 0.15) is 45.3 Å². The molecule has 0 amide bonds. The highest BCUT2D eigenvalue weighted by Gasteiger charge is 2.44. The van der Waals surface area contributed by atoms with Crippen LogP contribution in [0.2, 0.25) is 0 Å². The van der Waals surface area contributed by atoms with Crippen LogP contribution in [0.4, 0.5) is 5.82 Å². The number of unbranched alkanes of at least 4 members (excludes halogenated alkanes) is 4. The second-order valence-corrected chi connectivity index (χ2v) is 7.77. The Morgan fingerprint density at radius 2 is 1.96 bits per heavy atom. The molecule has 2 aromatic rings.